The first-order chi connectivity index (χ1) is 9.77. The van der Waals surface area contributed by atoms with E-state index in [-0.39, 0.29) is 5.57 Å². The Hall–Kier alpha value is -2.72. The van der Waals surface area contributed by atoms with E-state index in [0.29, 0.717) is 11.4 Å². The van der Waals surface area contributed by atoms with Gasteiger partial charge in [-0.2, -0.15) is 5.43 Å². The van der Waals surface area contributed by atoms with E-state index in [1.54, 1.807) is 5.43 Å². The van der Waals surface area contributed by atoms with Gasteiger partial charge in [-0.25, -0.2) is 4.79 Å². The van der Waals surface area contributed by atoms with Gasteiger partial charge < -0.3 is 5.11 Å². The molecule has 4 nitrogen and oxygen atoms in total. The Morgan fingerprint density at radius 2 is 1.45 bits per heavy atom. The molecule has 0 aliphatic carbocycles. The number of hydrogen-bond acceptors (Lipinski definition) is 2. The molecule has 98 valence electrons. The van der Waals surface area contributed by atoms with Crippen LogP contribution in [0.5, 0.6) is 0 Å². The SMILES string of the molecule is O=C(O)C1=C(c2ccccc2)[NH2+]N=C1c1ccccc1. The van der Waals surface area contributed by atoms with E-state index in [9.17, 15) is 9.90 Å². The predicted octanol–water partition coefficient (Wildman–Crippen LogP) is 1.46. The molecule has 0 unspecified atom stereocenters. The first-order valence-corrected chi connectivity index (χ1v) is 6.27. The Morgan fingerprint density at radius 1 is 0.900 bits per heavy atom. The molecular weight excluding hydrogens is 252 g/mol. The van der Waals surface area contributed by atoms with Crippen LogP contribution in [0.4, 0.5) is 0 Å². The van der Waals surface area contributed by atoms with Crippen LogP contribution < -0.4 is 5.43 Å². The number of quaternary nitrogens is 1. The highest BCUT2D eigenvalue weighted by atomic mass is 16.4. The molecule has 2 aromatic rings. The van der Waals surface area contributed by atoms with Crippen LogP contribution in [0.15, 0.2) is 71.3 Å². The molecule has 2 aromatic carbocycles. The quantitative estimate of drug-likeness (QED) is 0.825. The van der Waals surface area contributed by atoms with Gasteiger partial charge in [0.2, 0.25) is 0 Å². The Bertz CT molecular complexity index is 704. The van der Waals surface area contributed by atoms with E-state index in [2.05, 4.69) is 5.10 Å². The van der Waals surface area contributed by atoms with Crippen molar-refractivity contribution in [2.45, 2.75) is 0 Å². The zero-order chi connectivity index (χ0) is 13.9. The van der Waals surface area contributed by atoms with Gasteiger partial charge in [0, 0.05) is 11.1 Å². The summed E-state index contributed by atoms with van der Waals surface area (Å²) in [6.45, 7) is 0. The first kappa shape index (κ1) is 12.3. The van der Waals surface area contributed by atoms with Crippen molar-refractivity contribution in [1.29, 1.82) is 0 Å². The van der Waals surface area contributed by atoms with Crippen LogP contribution in [-0.4, -0.2) is 16.8 Å². The fraction of sp³-hybridized carbons (Fsp3) is 0. The lowest BCUT2D eigenvalue weighted by Gasteiger charge is -2.01. The van der Waals surface area contributed by atoms with Crippen molar-refractivity contribution >= 4 is 17.4 Å². The molecule has 0 atom stereocenters. The smallest absolute Gasteiger partial charge is 0.344 e. The molecule has 3 N–H and O–H groups in total. The van der Waals surface area contributed by atoms with Gasteiger partial charge >= 0.3 is 5.97 Å². The molecule has 0 fully saturated rings. The molecule has 3 rings (SSSR count). The maximum atomic E-state index is 11.6. The Labute approximate surface area is 116 Å². The van der Waals surface area contributed by atoms with Gasteiger partial charge in [0.1, 0.15) is 5.71 Å². The number of carboxylic acid groups (broad SMARTS) is 1. The minimum absolute atomic E-state index is 0.252. The number of aliphatic carboxylic acids is 1. The summed E-state index contributed by atoms with van der Waals surface area (Å²) in [7, 11) is 0. The van der Waals surface area contributed by atoms with Crippen molar-refractivity contribution in [3.63, 3.8) is 0 Å². The van der Waals surface area contributed by atoms with Crippen LogP contribution >= 0.6 is 0 Å². The van der Waals surface area contributed by atoms with Gasteiger partial charge in [0.05, 0.1) is 0 Å². The number of nitrogens with zero attached hydrogens (tertiary/aromatic N) is 1. The topological polar surface area (TPSA) is 66.3 Å². The molecule has 0 saturated carbocycles. The average Bonchev–Trinajstić information content (AvgIpc) is 2.94. The molecule has 0 spiro atoms. The summed E-state index contributed by atoms with van der Waals surface area (Å²) < 4.78 is 0. The third-order valence-electron chi connectivity index (χ3n) is 3.17. The van der Waals surface area contributed by atoms with E-state index >= 15 is 0 Å². The van der Waals surface area contributed by atoms with Crippen LogP contribution in [-0.2, 0) is 4.79 Å². The predicted molar refractivity (Wildman–Crippen MR) is 75.9 cm³/mol. The molecule has 1 aliphatic heterocycles. The van der Waals surface area contributed by atoms with Crippen LogP contribution in [0.2, 0.25) is 0 Å². The van der Waals surface area contributed by atoms with Crippen molar-refractivity contribution < 1.29 is 15.3 Å². The fourth-order valence-corrected chi connectivity index (χ4v) is 2.25. The molecule has 4 heteroatoms. The molecule has 20 heavy (non-hydrogen) atoms. The summed E-state index contributed by atoms with van der Waals surface area (Å²) in [5.74, 6) is -0.958. The second-order valence-corrected chi connectivity index (χ2v) is 4.43. The molecule has 1 heterocycles. The minimum atomic E-state index is -0.958. The van der Waals surface area contributed by atoms with Crippen molar-refractivity contribution in [3.05, 3.63) is 77.4 Å². The lowest BCUT2D eigenvalue weighted by atomic mass is 9.99. The number of benzene rings is 2. The summed E-state index contributed by atoms with van der Waals surface area (Å²) >= 11 is 0. The maximum absolute atomic E-state index is 11.6. The summed E-state index contributed by atoms with van der Waals surface area (Å²) in [4.78, 5) is 11.6. The highest BCUT2D eigenvalue weighted by Gasteiger charge is 2.32. The number of nitrogens with two attached hydrogens (primary N) is 1. The summed E-state index contributed by atoms with van der Waals surface area (Å²) in [6, 6.07) is 18.8. The van der Waals surface area contributed by atoms with Gasteiger partial charge in [-0.15, -0.1) is 0 Å². The van der Waals surface area contributed by atoms with Crippen molar-refractivity contribution in [1.82, 2.24) is 0 Å². The average molecular weight is 265 g/mol. The normalized spacial score (nSPS) is 14.3. The molecule has 0 bridgehead atoms. The van der Waals surface area contributed by atoms with Crippen molar-refractivity contribution in [3.8, 4) is 0 Å². The summed E-state index contributed by atoms with van der Waals surface area (Å²) in [6.07, 6.45) is 0. The lowest BCUT2D eigenvalue weighted by Crippen LogP contribution is -2.73. The summed E-state index contributed by atoms with van der Waals surface area (Å²) in [5.41, 5.74) is 4.71. The monoisotopic (exact) mass is 265 g/mol. The van der Waals surface area contributed by atoms with Gasteiger partial charge in [0.15, 0.2) is 11.3 Å². The van der Waals surface area contributed by atoms with Crippen molar-refractivity contribution in [2.75, 3.05) is 0 Å². The lowest BCUT2D eigenvalue weighted by molar-refractivity contribution is -0.565. The number of carboxylic acids is 1. The van der Waals surface area contributed by atoms with Gasteiger partial charge in [-0.05, 0) is 12.1 Å². The largest absolute Gasteiger partial charge is 0.477 e. The van der Waals surface area contributed by atoms with E-state index in [1.165, 1.54) is 0 Å². The number of hydrogen-bond donors (Lipinski definition) is 2. The molecule has 0 aromatic heterocycles. The highest BCUT2D eigenvalue weighted by molar-refractivity contribution is 6.30. The Morgan fingerprint density at radius 3 is 2.00 bits per heavy atom. The fourth-order valence-electron chi connectivity index (χ4n) is 2.25. The van der Waals surface area contributed by atoms with Gasteiger partial charge in [0.25, 0.3) is 0 Å². The zero-order valence-corrected chi connectivity index (χ0v) is 10.7. The van der Waals surface area contributed by atoms with Gasteiger partial charge in [-0.1, -0.05) is 53.6 Å². The standard InChI is InChI=1S/C16H12N2O2/c19-16(20)13-14(11-7-3-1-4-8-11)17-18-15(13)12-9-5-2-6-10-12/h1-10H,(H,17,18)(H,19,20)/p+1. The van der Waals surface area contributed by atoms with Crippen LogP contribution in [0.3, 0.4) is 0 Å². The molecular formula is C16H13N2O2+. The van der Waals surface area contributed by atoms with Gasteiger partial charge in [-0.3, -0.25) is 0 Å². The van der Waals surface area contributed by atoms with E-state index in [0.717, 1.165) is 11.1 Å². The number of carbonyl (C=O) groups is 1. The molecule has 0 saturated heterocycles. The van der Waals surface area contributed by atoms with E-state index in [4.69, 9.17) is 0 Å². The Kier molecular flexibility index (Phi) is 3.15. The van der Waals surface area contributed by atoms with Crippen molar-refractivity contribution in [2.24, 2.45) is 5.10 Å². The third kappa shape index (κ3) is 2.13. The summed E-state index contributed by atoms with van der Waals surface area (Å²) in [5, 5.41) is 13.8. The second-order valence-electron chi connectivity index (χ2n) is 4.43. The van der Waals surface area contributed by atoms with Crippen LogP contribution in [0, 0.1) is 0 Å². The minimum Gasteiger partial charge on any atom is -0.477 e. The third-order valence-corrected chi connectivity index (χ3v) is 3.17. The Balaban J connectivity index is 2.11. The molecule has 0 radical (unpaired) electrons. The molecule has 0 amide bonds. The van der Waals surface area contributed by atoms with E-state index in [1.807, 2.05) is 60.7 Å². The zero-order valence-electron chi connectivity index (χ0n) is 10.7. The van der Waals surface area contributed by atoms with Crippen LogP contribution in [0.25, 0.3) is 5.70 Å². The first-order valence-electron chi connectivity index (χ1n) is 6.27. The highest BCUT2D eigenvalue weighted by Crippen LogP contribution is 2.20. The van der Waals surface area contributed by atoms with E-state index < -0.39 is 5.97 Å². The van der Waals surface area contributed by atoms with Crippen LogP contribution in [0.1, 0.15) is 11.1 Å². The molecule has 1 aliphatic rings. The second kappa shape index (κ2) is 5.11. The number of rotatable bonds is 3. The maximum Gasteiger partial charge on any atom is 0.344 e.